The molecule has 1 spiro atoms. The van der Waals surface area contributed by atoms with Crippen molar-refractivity contribution in [1.29, 1.82) is 0 Å². The summed E-state index contributed by atoms with van der Waals surface area (Å²) < 4.78 is 13.2. The molecule has 1 unspecified atom stereocenters. The van der Waals surface area contributed by atoms with Crippen molar-refractivity contribution in [3.05, 3.63) is 160 Å². The molecular formula is C38H32N2O3. The largest absolute Gasteiger partial charge is 0.456 e. The highest BCUT2D eigenvalue weighted by Gasteiger charge is 2.56. The summed E-state index contributed by atoms with van der Waals surface area (Å²) in [5, 5.41) is 3.50. The fourth-order valence-corrected chi connectivity index (χ4v) is 7.12. The average Bonchev–Trinajstić information content (AvgIpc) is 3.70. The molecule has 5 heteroatoms. The van der Waals surface area contributed by atoms with Gasteiger partial charge in [0.15, 0.2) is 5.60 Å². The third kappa shape index (κ3) is 4.23. The minimum Gasteiger partial charge on any atom is -0.456 e. The SMILES string of the molecule is O=C1OC2(c3ccccc3Oc3ccccc32)c2c(N(Cc3ccccc3)Cc3ccccc3)ccc(C3CCNC3)c21. The fraction of sp³-hybridized carbons (Fsp3) is 0.184. The standard InChI is InChI=1S/C38H32N2O3/c41-37-35-29(28-21-22-39-23-28)19-20-32(40(24-26-11-3-1-4-12-26)25-27-13-5-2-6-14-27)36(35)38(43-37)30-15-7-9-17-33(30)42-34-18-10-8-16-31(34)38/h1-20,28,39H,21-25H2. The Morgan fingerprint density at radius 3 is 1.88 bits per heavy atom. The number of benzene rings is 5. The molecule has 1 atom stereocenters. The first-order chi connectivity index (χ1) is 21.2. The number of carbonyl (C=O) groups excluding carboxylic acids is 1. The summed E-state index contributed by atoms with van der Waals surface area (Å²) >= 11 is 0. The number of hydrogen-bond acceptors (Lipinski definition) is 5. The molecule has 0 aromatic heterocycles. The summed E-state index contributed by atoms with van der Waals surface area (Å²) in [4.78, 5) is 16.7. The Labute approximate surface area is 251 Å². The van der Waals surface area contributed by atoms with Crippen LogP contribution >= 0.6 is 0 Å². The molecule has 0 amide bonds. The smallest absolute Gasteiger partial charge is 0.340 e. The maximum atomic E-state index is 14.3. The van der Waals surface area contributed by atoms with Crippen LogP contribution in [-0.2, 0) is 23.4 Å². The van der Waals surface area contributed by atoms with E-state index in [1.807, 2.05) is 60.7 Å². The highest BCUT2D eigenvalue weighted by atomic mass is 16.6. The summed E-state index contributed by atoms with van der Waals surface area (Å²) in [6.07, 6.45) is 0.986. The number of esters is 1. The van der Waals surface area contributed by atoms with Gasteiger partial charge in [0.2, 0.25) is 0 Å². The molecule has 8 rings (SSSR count). The fourth-order valence-electron chi connectivity index (χ4n) is 7.12. The lowest BCUT2D eigenvalue weighted by atomic mass is 9.75. The number of nitrogens with one attached hydrogen (secondary N) is 1. The summed E-state index contributed by atoms with van der Waals surface area (Å²) in [6.45, 7) is 3.14. The van der Waals surface area contributed by atoms with Gasteiger partial charge < -0.3 is 19.7 Å². The first-order valence-electron chi connectivity index (χ1n) is 15.0. The minimum absolute atomic E-state index is 0.243. The topological polar surface area (TPSA) is 50.8 Å². The van der Waals surface area contributed by atoms with Crippen LogP contribution < -0.4 is 15.0 Å². The van der Waals surface area contributed by atoms with E-state index in [1.165, 1.54) is 11.1 Å². The van der Waals surface area contributed by atoms with Crippen LogP contribution in [0.4, 0.5) is 5.69 Å². The van der Waals surface area contributed by atoms with E-state index in [1.54, 1.807) is 0 Å². The van der Waals surface area contributed by atoms with E-state index >= 15 is 0 Å². The lowest BCUT2D eigenvalue weighted by molar-refractivity contribution is 0.0224. The van der Waals surface area contributed by atoms with Gasteiger partial charge in [-0.15, -0.1) is 0 Å². The van der Waals surface area contributed by atoms with Crippen molar-refractivity contribution >= 4 is 11.7 Å². The zero-order chi connectivity index (χ0) is 28.8. The van der Waals surface area contributed by atoms with Crippen molar-refractivity contribution in [3.63, 3.8) is 0 Å². The van der Waals surface area contributed by atoms with E-state index in [9.17, 15) is 4.79 Å². The molecule has 5 aromatic rings. The van der Waals surface area contributed by atoms with Crippen molar-refractivity contribution in [2.24, 2.45) is 0 Å². The maximum Gasteiger partial charge on any atom is 0.340 e. The molecule has 1 saturated heterocycles. The van der Waals surface area contributed by atoms with Gasteiger partial charge in [-0.25, -0.2) is 4.79 Å². The van der Waals surface area contributed by atoms with Gasteiger partial charge in [-0.1, -0.05) is 103 Å². The van der Waals surface area contributed by atoms with Crippen molar-refractivity contribution in [2.75, 3.05) is 18.0 Å². The van der Waals surface area contributed by atoms with Gasteiger partial charge in [0.1, 0.15) is 11.5 Å². The lowest BCUT2D eigenvalue weighted by Gasteiger charge is -2.39. The van der Waals surface area contributed by atoms with Crippen LogP contribution in [0.5, 0.6) is 11.5 Å². The minimum atomic E-state index is -1.14. The van der Waals surface area contributed by atoms with E-state index in [2.05, 4.69) is 70.9 Å². The molecule has 3 heterocycles. The van der Waals surface area contributed by atoms with Crippen LogP contribution in [0.3, 0.4) is 0 Å². The van der Waals surface area contributed by atoms with Gasteiger partial charge in [-0.05, 0) is 53.8 Å². The van der Waals surface area contributed by atoms with Crippen LogP contribution in [-0.4, -0.2) is 19.1 Å². The molecular weight excluding hydrogens is 532 g/mol. The first kappa shape index (κ1) is 25.8. The third-order valence-corrected chi connectivity index (χ3v) is 9.04. The van der Waals surface area contributed by atoms with Gasteiger partial charge in [-0.2, -0.15) is 0 Å². The number of ether oxygens (including phenoxy) is 2. The van der Waals surface area contributed by atoms with E-state index in [-0.39, 0.29) is 11.9 Å². The molecule has 5 nitrogen and oxygen atoms in total. The van der Waals surface area contributed by atoms with Crippen LogP contribution in [0.2, 0.25) is 0 Å². The molecule has 3 aliphatic heterocycles. The molecule has 0 saturated carbocycles. The number of nitrogens with zero attached hydrogens (tertiary/aromatic N) is 1. The average molecular weight is 565 g/mol. The number of para-hydroxylation sites is 2. The quantitative estimate of drug-likeness (QED) is 0.216. The highest BCUT2D eigenvalue weighted by molar-refractivity contribution is 6.01. The van der Waals surface area contributed by atoms with Crippen LogP contribution in [0.1, 0.15) is 56.1 Å². The number of anilines is 1. The van der Waals surface area contributed by atoms with Crippen molar-refractivity contribution in [2.45, 2.75) is 31.0 Å². The Morgan fingerprint density at radius 1 is 0.721 bits per heavy atom. The molecule has 212 valence electrons. The lowest BCUT2D eigenvalue weighted by Crippen LogP contribution is -2.35. The van der Waals surface area contributed by atoms with Crippen LogP contribution in [0.15, 0.2) is 121 Å². The van der Waals surface area contributed by atoms with Gasteiger partial charge in [-0.3, -0.25) is 0 Å². The molecule has 0 bridgehead atoms. The first-order valence-corrected chi connectivity index (χ1v) is 15.0. The molecule has 3 aliphatic rings. The Morgan fingerprint density at radius 2 is 1.30 bits per heavy atom. The monoisotopic (exact) mass is 564 g/mol. The predicted molar refractivity (Wildman–Crippen MR) is 168 cm³/mol. The molecule has 43 heavy (non-hydrogen) atoms. The van der Waals surface area contributed by atoms with Gasteiger partial charge in [0.05, 0.1) is 5.56 Å². The van der Waals surface area contributed by atoms with E-state index in [0.717, 1.165) is 47.5 Å². The Balaban J connectivity index is 1.42. The Kier molecular flexibility index (Phi) is 6.27. The second kappa shape index (κ2) is 10.4. The summed E-state index contributed by atoms with van der Waals surface area (Å²) in [5.74, 6) is 1.38. The van der Waals surface area contributed by atoms with E-state index in [0.29, 0.717) is 30.2 Å². The molecule has 5 aromatic carbocycles. The normalized spacial score (nSPS) is 17.5. The van der Waals surface area contributed by atoms with Crippen molar-refractivity contribution in [3.8, 4) is 11.5 Å². The second-order valence-corrected chi connectivity index (χ2v) is 11.6. The maximum absolute atomic E-state index is 14.3. The van der Waals surface area contributed by atoms with Gasteiger partial charge in [0, 0.05) is 42.0 Å². The van der Waals surface area contributed by atoms with Crippen molar-refractivity contribution in [1.82, 2.24) is 5.32 Å². The Hall–Kier alpha value is -4.87. The zero-order valence-corrected chi connectivity index (χ0v) is 23.8. The molecule has 1 fully saturated rings. The second-order valence-electron chi connectivity index (χ2n) is 11.6. The number of hydrogen-bond donors (Lipinski definition) is 1. The highest BCUT2D eigenvalue weighted by Crippen LogP contribution is 2.59. The third-order valence-electron chi connectivity index (χ3n) is 9.04. The number of rotatable bonds is 6. The van der Waals surface area contributed by atoms with Crippen LogP contribution in [0, 0.1) is 0 Å². The predicted octanol–water partition coefficient (Wildman–Crippen LogP) is 7.54. The van der Waals surface area contributed by atoms with E-state index in [4.69, 9.17) is 9.47 Å². The van der Waals surface area contributed by atoms with Crippen LogP contribution in [0.25, 0.3) is 0 Å². The number of carbonyl (C=O) groups is 1. The Bertz CT molecular complexity index is 1730. The molecule has 1 N–H and O–H groups in total. The van der Waals surface area contributed by atoms with Gasteiger partial charge >= 0.3 is 5.97 Å². The number of fused-ring (bicyclic) bond motifs is 6. The zero-order valence-electron chi connectivity index (χ0n) is 23.8. The molecule has 0 aliphatic carbocycles. The summed E-state index contributed by atoms with van der Waals surface area (Å²) in [5.41, 5.74) is 6.63. The van der Waals surface area contributed by atoms with Crippen molar-refractivity contribution < 1.29 is 14.3 Å². The summed E-state index contributed by atoms with van der Waals surface area (Å²) in [7, 11) is 0. The van der Waals surface area contributed by atoms with E-state index < -0.39 is 5.60 Å². The molecule has 0 radical (unpaired) electrons. The van der Waals surface area contributed by atoms with Gasteiger partial charge in [0.25, 0.3) is 0 Å². The summed E-state index contributed by atoms with van der Waals surface area (Å²) in [6, 6.07) is 41.4.